The van der Waals surface area contributed by atoms with Crippen molar-refractivity contribution < 1.29 is 0 Å². The number of hydrogen-bond donors (Lipinski definition) is 3. The van der Waals surface area contributed by atoms with E-state index in [-0.39, 0.29) is 0 Å². The molecule has 0 rings (SSSR count). The molecule has 56 valence electrons. The summed E-state index contributed by atoms with van der Waals surface area (Å²) in [6, 6.07) is 0. The first-order valence-corrected chi connectivity index (χ1v) is 3.52. The molecule has 0 spiro atoms. The van der Waals surface area contributed by atoms with Gasteiger partial charge < -0.3 is 16.4 Å². The zero-order valence-electron chi connectivity index (χ0n) is 6.28. The van der Waals surface area contributed by atoms with E-state index in [1.807, 2.05) is 0 Å². The zero-order valence-corrected chi connectivity index (χ0v) is 6.28. The van der Waals surface area contributed by atoms with Crippen LogP contribution in [0.2, 0.25) is 0 Å². The highest BCUT2D eigenvalue weighted by Gasteiger charge is 1.98. The molecular formula is C6H17N3. The minimum Gasteiger partial charge on any atom is -0.328 e. The minimum atomic E-state index is 0.292. The maximum Gasteiger partial charge on any atom is 0.0698 e. The molecule has 0 heterocycles. The second kappa shape index (κ2) is 6.01. The molecule has 0 aliphatic carbocycles. The van der Waals surface area contributed by atoms with Gasteiger partial charge in [0.15, 0.2) is 0 Å². The lowest BCUT2D eigenvalue weighted by Crippen LogP contribution is -2.47. The molecule has 0 aromatic heterocycles. The summed E-state index contributed by atoms with van der Waals surface area (Å²) in [6.07, 6.45) is 0.292. The molecule has 0 amide bonds. The molecule has 9 heavy (non-hydrogen) atoms. The van der Waals surface area contributed by atoms with E-state index in [0.29, 0.717) is 12.7 Å². The van der Waals surface area contributed by atoms with Crippen LogP contribution in [0.1, 0.15) is 13.8 Å². The molecule has 4 N–H and O–H groups in total. The molecular weight excluding hydrogens is 114 g/mol. The Hall–Kier alpha value is -0.120. The Morgan fingerprint density at radius 1 is 1.22 bits per heavy atom. The van der Waals surface area contributed by atoms with E-state index in [4.69, 9.17) is 5.73 Å². The summed E-state index contributed by atoms with van der Waals surface area (Å²) >= 11 is 0. The molecule has 0 radical (unpaired) electrons. The van der Waals surface area contributed by atoms with Crippen LogP contribution in [-0.2, 0) is 0 Å². The summed E-state index contributed by atoms with van der Waals surface area (Å²) in [4.78, 5) is 0. The average molecular weight is 131 g/mol. The Morgan fingerprint density at radius 3 is 1.89 bits per heavy atom. The van der Waals surface area contributed by atoms with Gasteiger partial charge in [0.2, 0.25) is 0 Å². The lowest BCUT2D eigenvalue weighted by atomic mass is 10.4. The Bertz CT molecular complexity index is 50.3. The first kappa shape index (κ1) is 8.88. The van der Waals surface area contributed by atoms with E-state index >= 15 is 0 Å². The zero-order chi connectivity index (χ0) is 7.11. The lowest BCUT2D eigenvalue weighted by molar-refractivity contribution is 0.452. The Labute approximate surface area is 57.0 Å². The SMILES string of the molecule is CCNC(CN)NCC. The van der Waals surface area contributed by atoms with Crippen molar-refractivity contribution in [2.45, 2.75) is 20.0 Å². The van der Waals surface area contributed by atoms with Gasteiger partial charge >= 0.3 is 0 Å². The third-order valence-corrected chi connectivity index (χ3v) is 1.14. The highest BCUT2D eigenvalue weighted by molar-refractivity contribution is 4.61. The van der Waals surface area contributed by atoms with Gasteiger partial charge in [-0.05, 0) is 13.1 Å². The summed E-state index contributed by atoms with van der Waals surface area (Å²) in [6.45, 7) is 6.73. The highest BCUT2D eigenvalue weighted by Crippen LogP contribution is 1.70. The quantitative estimate of drug-likeness (QED) is 0.440. The van der Waals surface area contributed by atoms with Gasteiger partial charge in [0, 0.05) is 6.54 Å². The number of likely N-dealkylation sites (N-methyl/N-ethyl adjacent to an activating group) is 2. The Kier molecular flexibility index (Phi) is 5.93. The van der Waals surface area contributed by atoms with Crippen molar-refractivity contribution in [3.63, 3.8) is 0 Å². The van der Waals surface area contributed by atoms with Crippen LogP contribution in [0.4, 0.5) is 0 Å². The van der Waals surface area contributed by atoms with Gasteiger partial charge in [-0.25, -0.2) is 0 Å². The van der Waals surface area contributed by atoms with Gasteiger partial charge in [0.25, 0.3) is 0 Å². The standard InChI is InChI=1S/C6H17N3/c1-3-8-6(5-7)9-4-2/h6,8-9H,3-5,7H2,1-2H3. The van der Waals surface area contributed by atoms with Crippen molar-refractivity contribution in [3.05, 3.63) is 0 Å². The molecule has 0 saturated heterocycles. The van der Waals surface area contributed by atoms with Crippen LogP contribution >= 0.6 is 0 Å². The number of nitrogens with two attached hydrogens (primary N) is 1. The number of rotatable bonds is 5. The predicted octanol–water partition coefficient (Wildman–Crippen LogP) is -0.510. The van der Waals surface area contributed by atoms with E-state index in [9.17, 15) is 0 Å². The van der Waals surface area contributed by atoms with Gasteiger partial charge in [-0.15, -0.1) is 0 Å². The first-order chi connectivity index (χ1) is 4.35. The van der Waals surface area contributed by atoms with Crippen molar-refractivity contribution in [2.75, 3.05) is 19.6 Å². The second-order valence-electron chi connectivity index (χ2n) is 1.90. The minimum absolute atomic E-state index is 0.292. The van der Waals surface area contributed by atoms with Gasteiger partial charge in [-0.1, -0.05) is 13.8 Å². The molecule has 0 aliphatic heterocycles. The predicted molar refractivity (Wildman–Crippen MR) is 40.2 cm³/mol. The molecule has 3 heteroatoms. The average Bonchev–Trinajstić information content (AvgIpc) is 1.88. The summed E-state index contributed by atoms with van der Waals surface area (Å²) < 4.78 is 0. The smallest absolute Gasteiger partial charge is 0.0698 e. The van der Waals surface area contributed by atoms with Crippen LogP contribution in [0.25, 0.3) is 0 Å². The fraction of sp³-hybridized carbons (Fsp3) is 1.00. The van der Waals surface area contributed by atoms with Crippen LogP contribution in [0.15, 0.2) is 0 Å². The third-order valence-electron chi connectivity index (χ3n) is 1.14. The topological polar surface area (TPSA) is 50.1 Å². The van der Waals surface area contributed by atoms with Crippen LogP contribution < -0.4 is 16.4 Å². The third kappa shape index (κ3) is 4.39. The largest absolute Gasteiger partial charge is 0.328 e. The molecule has 0 aromatic carbocycles. The van der Waals surface area contributed by atoms with E-state index in [1.165, 1.54) is 0 Å². The molecule has 0 unspecified atom stereocenters. The molecule has 0 aromatic rings. The van der Waals surface area contributed by atoms with Crippen LogP contribution in [-0.4, -0.2) is 25.8 Å². The highest BCUT2D eigenvalue weighted by atomic mass is 15.1. The van der Waals surface area contributed by atoms with E-state index in [2.05, 4.69) is 24.5 Å². The number of hydrogen-bond acceptors (Lipinski definition) is 3. The fourth-order valence-corrected chi connectivity index (χ4v) is 0.732. The van der Waals surface area contributed by atoms with Crippen LogP contribution in [0, 0.1) is 0 Å². The van der Waals surface area contributed by atoms with E-state index in [0.717, 1.165) is 13.1 Å². The molecule has 0 saturated carbocycles. The van der Waals surface area contributed by atoms with Crippen molar-refractivity contribution in [3.8, 4) is 0 Å². The van der Waals surface area contributed by atoms with Gasteiger partial charge in [0.1, 0.15) is 0 Å². The van der Waals surface area contributed by atoms with Crippen LogP contribution in [0.5, 0.6) is 0 Å². The lowest BCUT2D eigenvalue weighted by Gasteiger charge is -2.15. The summed E-state index contributed by atoms with van der Waals surface area (Å²) in [5, 5.41) is 6.39. The summed E-state index contributed by atoms with van der Waals surface area (Å²) in [5.41, 5.74) is 5.42. The fourth-order valence-electron chi connectivity index (χ4n) is 0.732. The van der Waals surface area contributed by atoms with E-state index in [1.54, 1.807) is 0 Å². The molecule has 0 atom stereocenters. The molecule has 0 aliphatic rings. The second-order valence-corrected chi connectivity index (χ2v) is 1.90. The molecule has 0 fully saturated rings. The van der Waals surface area contributed by atoms with Gasteiger partial charge in [0.05, 0.1) is 6.17 Å². The monoisotopic (exact) mass is 131 g/mol. The normalized spacial score (nSPS) is 10.7. The Balaban J connectivity index is 3.18. The maximum absolute atomic E-state index is 5.42. The summed E-state index contributed by atoms with van der Waals surface area (Å²) in [5.74, 6) is 0. The molecule has 0 bridgehead atoms. The van der Waals surface area contributed by atoms with Crippen molar-refractivity contribution >= 4 is 0 Å². The molecule has 3 nitrogen and oxygen atoms in total. The van der Waals surface area contributed by atoms with Crippen molar-refractivity contribution in [1.29, 1.82) is 0 Å². The maximum atomic E-state index is 5.42. The van der Waals surface area contributed by atoms with Crippen molar-refractivity contribution in [1.82, 2.24) is 10.6 Å². The van der Waals surface area contributed by atoms with Gasteiger partial charge in [-0.2, -0.15) is 0 Å². The Morgan fingerprint density at radius 2 is 1.67 bits per heavy atom. The van der Waals surface area contributed by atoms with Crippen LogP contribution in [0.3, 0.4) is 0 Å². The van der Waals surface area contributed by atoms with E-state index < -0.39 is 0 Å². The first-order valence-electron chi connectivity index (χ1n) is 3.52. The van der Waals surface area contributed by atoms with Crippen molar-refractivity contribution in [2.24, 2.45) is 5.73 Å². The summed E-state index contributed by atoms with van der Waals surface area (Å²) in [7, 11) is 0. The number of nitrogens with one attached hydrogen (secondary N) is 2. The van der Waals surface area contributed by atoms with Gasteiger partial charge in [-0.3, -0.25) is 0 Å².